The van der Waals surface area contributed by atoms with Crippen molar-refractivity contribution in [3.05, 3.63) is 35.4 Å². The van der Waals surface area contributed by atoms with E-state index in [1.54, 1.807) is 14.2 Å². The van der Waals surface area contributed by atoms with E-state index >= 15 is 0 Å². The molecular weight excluding hydrogens is 290 g/mol. The second-order valence-electron chi connectivity index (χ2n) is 7.39. The van der Waals surface area contributed by atoms with Gasteiger partial charge in [-0.2, -0.15) is 0 Å². The van der Waals surface area contributed by atoms with Crippen molar-refractivity contribution < 1.29 is 14.3 Å². The SMILES string of the molecule is COC1(OC)C[C@H]2[C@H]3Cc4ccccc4[C@@]2(CCN3C)CC1=O. The fourth-order valence-corrected chi connectivity index (χ4v) is 5.39. The van der Waals surface area contributed by atoms with Gasteiger partial charge in [0.1, 0.15) is 0 Å². The van der Waals surface area contributed by atoms with Crippen LogP contribution in [0.4, 0.5) is 0 Å². The number of methoxy groups -OCH3 is 2. The lowest BCUT2D eigenvalue weighted by atomic mass is 9.51. The lowest BCUT2D eigenvalue weighted by Gasteiger charge is -2.60. The standard InChI is InChI=1S/C19H25NO3/c1-20-9-8-18-12-17(21)19(22-2,23-3)11-15(18)16(20)10-13-6-4-5-7-14(13)18/h4-7,15-16H,8-12H2,1-3H3/t15-,16+,18+/m0/s1. The van der Waals surface area contributed by atoms with Crippen molar-refractivity contribution in [1.29, 1.82) is 0 Å². The fourth-order valence-electron chi connectivity index (χ4n) is 5.39. The van der Waals surface area contributed by atoms with E-state index in [2.05, 4.69) is 36.2 Å². The van der Waals surface area contributed by atoms with Crippen LogP contribution in [-0.4, -0.2) is 50.3 Å². The molecule has 3 atom stereocenters. The summed E-state index contributed by atoms with van der Waals surface area (Å²) in [6.07, 6.45) is 3.27. The topological polar surface area (TPSA) is 38.8 Å². The van der Waals surface area contributed by atoms with E-state index in [1.807, 2.05) is 0 Å². The Kier molecular flexibility index (Phi) is 3.42. The number of ketones is 1. The summed E-state index contributed by atoms with van der Waals surface area (Å²) >= 11 is 0. The van der Waals surface area contributed by atoms with Crippen LogP contribution in [0.25, 0.3) is 0 Å². The number of hydrogen-bond donors (Lipinski definition) is 0. The maximum Gasteiger partial charge on any atom is 0.228 e. The second-order valence-corrected chi connectivity index (χ2v) is 7.39. The molecule has 23 heavy (non-hydrogen) atoms. The minimum absolute atomic E-state index is 0.0380. The van der Waals surface area contributed by atoms with Crippen molar-refractivity contribution in [2.24, 2.45) is 5.92 Å². The first-order chi connectivity index (χ1) is 11.1. The predicted octanol–water partition coefficient (Wildman–Crippen LogP) is 2.15. The van der Waals surface area contributed by atoms with Crippen LogP contribution in [0.2, 0.25) is 0 Å². The molecule has 124 valence electrons. The molecule has 1 aliphatic heterocycles. The molecule has 3 aliphatic rings. The molecule has 1 aromatic carbocycles. The Labute approximate surface area is 137 Å². The maximum atomic E-state index is 13.0. The van der Waals surface area contributed by atoms with Crippen molar-refractivity contribution in [2.45, 2.75) is 42.9 Å². The number of benzene rings is 1. The average molecular weight is 315 g/mol. The highest BCUT2D eigenvalue weighted by atomic mass is 16.7. The van der Waals surface area contributed by atoms with Gasteiger partial charge in [-0.15, -0.1) is 0 Å². The molecule has 0 aromatic heterocycles. The molecule has 0 amide bonds. The van der Waals surface area contributed by atoms with Crippen LogP contribution < -0.4 is 0 Å². The van der Waals surface area contributed by atoms with Gasteiger partial charge >= 0.3 is 0 Å². The van der Waals surface area contributed by atoms with Crippen LogP contribution in [0.1, 0.15) is 30.4 Å². The third-order valence-electron chi connectivity index (χ3n) is 6.68. The fraction of sp³-hybridized carbons (Fsp3) is 0.632. The summed E-state index contributed by atoms with van der Waals surface area (Å²) in [5.41, 5.74) is 2.77. The van der Waals surface area contributed by atoms with E-state index in [0.29, 0.717) is 24.8 Å². The van der Waals surface area contributed by atoms with Gasteiger partial charge in [0.25, 0.3) is 0 Å². The quantitative estimate of drug-likeness (QED) is 0.784. The number of carbonyl (C=O) groups excluding carboxylic acids is 1. The lowest BCUT2D eigenvalue weighted by molar-refractivity contribution is -0.233. The van der Waals surface area contributed by atoms with Crippen molar-refractivity contribution in [2.75, 3.05) is 27.8 Å². The molecule has 0 spiro atoms. The van der Waals surface area contributed by atoms with E-state index in [9.17, 15) is 4.79 Å². The van der Waals surface area contributed by atoms with Gasteiger partial charge in [-0.25, -0.2) is 0 Å². The van der Waals surface area contributed by atoms with Gasteiger partial charge in [-0.3, -0.25) is 4.79 Å². The third kappa shape index (κ3) is 1.92. The van der Waals surface area contributed by atoms with Crippen molar-refractivity contribution in [1.82, 2.24) is 4.90 Å². The van der Waals surface area contributed by atoms with Crippen LogP contribution in [0.15, 0.2) is 24.3 Å². The number of likely N-dealkylation sites (N-methyl/N-ethyl adjacent to an activating group) is 1. The highest BCUT2D eigenvalue weighted by molar-refractivity contribution is 5.88. The first-order valence-electron chi connectivity index (χ1n) is 8.48. The molecule has 0 radical (unpaired) electrons. The average Bonchev–Trinajstić information content (AvgIpc) is 2.57. The van der Waals surface area contributed by atoms with E-state index in [-0.39, 0.29) is 11.2 Å². The van der Waals surface area contributed by atoms with Gasteiger partial charge in [-0.1, -0.05) is 24.3 Å². The Morgan fingerprint density at radius 1 is 1.22 bits per heavy atom. The zero-order valence-electron chi connectivity index (χ0n) is 14.2. The number of hydrogen-bond acceptors (Lipinski definition) is 4. The molecule has 1 saturated carbocycles. The first-order valence-corrected chi connectivity index (χ1v) is 8.48. The largest absolute Gasteiger partial charge is 0.347 e. The molecule has 1 aromatic rings. The lowest BCUT2D eigenvalue weighted by Crippen LogP contribution is -2.66. The molecule has 2 fully saturated rings. The number of rotatable bonds is 2. The molecule has 1 saturated heterocycles. The maximum absolute atomic E-state index is 13.0. The van der Waals surface area contributed by atoms with Crippen molar-refractivity contribution >= 4 is 5.78 Å². The second kappa shape index (κ2) is 5.13. The summed E-state index contributed by atoms with van der Waals surface area (Å²) in [6.45, 7) is 1.05. The van der Waals surface area contributed by atoms with E-state index < -0.39 is 5.79 Å². The predicted molar refractivity (Wildman–Crippen MR) is 87.3 cm³/mol. The Bertz CT molecular complexity index is 639. The first kappa shape index (κ1) is 15.3. The van der Waals surface area contributed by atoms with Gasteiger partial charge < -0.3 is 14.4 Å². The molecular formula is C19H25NO3. The van der Waals surface area contributed by atoms with E-state index in [0.717, 1.165) is 19.4 Å². The monoisotopic (exact) mass is 315 g/mol. The zero-order valence-corrected chi connectivity index (χ0v) is 14.2. The van der Waals surface area contributed by atoms with Crippen LogP contribution >= 0.6 is 0 Å². The van der Waals surface area contributed by atoms with Crippen LogP contribution in [0.5, 0.6) is 0 Å². The summed E-state index contributed by atoms with van der Waals surface area (Å²) in [4.78, 5) is 15.4. The van der Waals surface area contributed by atoms with Crippen LogP contribution in [0, 0.1) is 5.92 Å². The Balaban J connectivity index is 1.86. The number of likely N-dealkylation sites (tertiary alicyclic amines) is 1. The summed E-state index contributed by atoms with van der Waals surface area (Å²) in [6, 6.07) is 9.16. The summed E-state index contributed by atoms with van der Waals surface area (Å²) in [5, 5.41) is 0. The van der Waals surface area contributed by atoms with Crippen molar-refractivity contribution in [3.8, 4) is 0 Å². The molecule has 0 N–H and O–H groups in total. The van der Waals surface area contributed by atoms with Crippen LogP contribution in [0.3, 0.4) is 0 Å². The van der Waals surface area contributed by atoms with Crippen molar-refractivity contribution in [3.63, 3.8) is 0 Å². The highest BCUT2D eigenvalue weighted by Gasteiger charge is 2.61. The number of Topliss-reactive ketones (excluding diaryl/α,β-unsaturated/α-hetero) is 1. The zero-order chi connectivity index (χ0) is 16.2. The summed E-state index contributed by atoms with van der Waals surface area (Å²) < 4.78 is 11.2. The minimum Gasteiger partial charge on any atom is -0.347 e. The molecule has 2 bridgehead atoms. The molecule has 4 nitrogen and oxygen atoms in total. The number of fused-ring (bicyclic) bond motifs is 1. The summed E-state index contributed by atoms with van der Waals surface area (Å²) in [5.74, 6) is -0.566. The number of piperidine rings is 1. The minimum atomic E-state index is -1.06. The third-order valence-corrected chi connectivity index (χ3v) is 6.68. The molecule has 2 aliphatic carbocycles. The number of ether oxygens (including phenoxy) is 2. The Hall–Kier alpha value is -1.23. The van der Waals surface area contributed by atoms with Crippen LogP contribution in [-0.2, 0) is 26.1 Å². The smallest absolute Gasteiger partial charge is 0.228 e. The highest BCUT2D eigenvalue weighted by Crippen LogP contribution is 2.56. The normalized spacial score (nSPS) is 35.5. The van der Waals surface area contributed by atoms with E-state index in [1.165, 1.54) is 11.1 Å². The molecule has 1 heterocycles. The van der Waals surface area contributed by atoms with Gasteiger partial charge in [0.15, 0.2) is 5.78 Å². The Morgan fingerprint density at radius 3 is 2.70 bits per heavy atom. The molecule has 4 rings (SSSR count). The molecule has 4 heteroatoms. The number of carbonyl (C=O) groups is 1. The van der Waals surface area contributed by atoms with Gasteiger partial charge in [0.2, 0.25) is 5.79 Å². The Morgan fingerprint density at radius 2 is 1.96 bits per heavy atom. The molecule has 0 unspecified atom stereocenters. The van der Waals surface area contributed by atoms with E-state index in [4.69, 9.17) is 9.47 Å². The summed E-state index contributed by atoms with van der Waals surface area (Å²) in [7, 11) is 5.39. The van der Waals surface area contributed by atoms with Gasteiger partial charge in [0.05, 0.1) is 0 Å². The number of nitrogens with zero attached hydrogens (tertiary/aromatic N) is 1. The van der Waals surface area contributed by atoms with Gasteiger partial charge in [0, 0.05) is 38.5 Å². The van der Waals surface area contributed by atoms with Gasteiger partial charge in [-0.05, 0) is 43.5 Å².